The predicted octanol–water partition coefficient (Wildman–Crippen LogP) is 3.41. The maximum atomic E-state index is 13.5. The van der Waals surface area contributed by atoms with Crippen LogP contribution in [0.5, 0.6) is 0 Å². The molecule has 0 spiro atoms. The molecule has 0 bridgehead atoms. The Labute approximate surface area is 169 Å². The third kappa shape index (κ3) is 3.09. The Bertz CT molecular complexity index is 916. The molecule has 4 rings (SSSR count). The number of aliphatic hydroxyl groups excluding tert-OH is 1. The Morgan fingerprint density at radius 2 is 1.68 bits per heavy atom. The lowest BCUT2D eigenvalue weighted by atomic mass is 9.77. The maximum absolute atomic E-state index is 13.5. The van der Waals surface area contributed by atoms with Gasteiger partial charge in [0, 0.05) is 10.6 Å². The minimum absolute atomic E-state index is 0.191. The van der Waals surface area contributed by atoms with E-state index in [1.807, 2.05) is 18.2 Å². The molecule has 4 atom stereocenters. The molecule has 2 aliphatic rings. The van der Waals surface area contributed by atoms with Gasteiger partial charge in [-0.25, -0.2) is 0 Å². The lowest BCUT2D eigenvalue weighted by Crippen LogP contribution is -2.55. The lowest BCUT2D eigenvalue weighted by Gasteiger charge is -2.48. The fraction of sp³-hybridized carbons (Fsp3) is 0.364. The maximum Gasteiger partial charge on any atom is 0.255 e. The molecule has 146 valence electrons. The standard InChI is InChI=1S/C22H23ClN2O3/c23-16-10-4-3-9-15(16)20-19(21(24)27)13-7-1-2-8-14(13)22(28)25(20)17-11-5-6-12-18(17)26/h1-4,7-10,17-20,26H,5-6,11-12H2,(H2,24,27). The second kappa shape index (κ2) is 7.57. The number of amides is 2. The molecule has 5 nitrogen and oxygen atoms in total. The number of fused-ring (bicyclic) bond motifs is 1. The van der Waals surface area contributed by atoms with Crippen LogP contribution in [0.2, 0.25) is 5.02 Å². The number of benzene rings is 2. The van der Waals surface area contributed by atoms with Crippen LogP contribution in [-0.2, 0) is 4.79 Å². The van der Waals surface area contributed by atoms with Crippen molar-refractivity contribution in [1.82, 2.24) is 4.90 Å². The van der Waals surface area contributed by atoms with Crippen molar-refractivity contribution >= 4 is 23.4 Å². The number of halogens is 1. The van der Waals surface area contributed by atoms with Gasteiger partial charge in [0.15, 0.2) is 0 Å². The molecule has 3 N–H and O–H groups in total. The van der Waals surface area contributed by atoms with E-state index in [0.717, 1.165) is 12.8 Å². The van der Waals surface area contributed by atoms with Crippen molar-refractivity contribution in [1.29, 1.82) is 0 Å². The molecule has 0 aromatic heterocycles. The first-order valence-electron chi connectivity index (χ1n) is 9.64. The molecule has 1 aliphatic heterocycles. The van der Waals surface area contributed by atoms with E-state index >= 15 is 0 Å². The summed E-state index contributed by atoms with van der Waals surface area (Å²) in [5.74, 6) is -1.44. The van der Waals surface area contributed by atoms with Gasteiger partial charge in [-0.15, -0.1) is 0 Å². The number of carbonyl (C=O) groups excluding carboxylic acids is 2. The highest BCUT2D eigenvalue weighted by molar-refractivity contribution is 6.31. The highest BCUT2D eigenvalue weighted by Gasteiger charge is 2.48. The SMILES string of the molecule is NC(=O)C1c2ccccc2C(=O)N(C2CCCCC2O)C1c1ccccc1Cl. The van der Waals surface area contributed by atoms with E-state index in [9.17, 15) is 14.7 Å². The zero-order valence-electron chi connectivity index (χ0n) is 15.4. The third-order valence-corrected chi connectivity index (χ3v) is 6.30. The van der Waals surface area contributed by atoms with Crippen LogP contribution in [0.3, 0.4) is 0 Å². The number of hydrogen-bond acceptors (Lipinski definition) is 3. The summed E-state index contributed by atoms with van der Waals surface area (Å²) < 4.78 is 0. The molecule has 2 amide bonds. The molecule has 1 fully saturated rings. The van der Waals surface area contributed by atoms with Gasteiger partial charge in [-0.2, -0.15) is 0 Å². The number of hydrogen-bond donors (Lipinski definition) is 2. The van der Waals surface area contributed by atoms with E-state index in [4.69, 9.17) is 17.3 Å². The Balaban J connectivity index is 1.94. The molecule has 28 heavy (non-hydrogen) atoms. The van der Waals surface area contributed by atoms with Crippen LogP contribution >= 0.6 is 11.6 Å². The summed E-state index contributed by atoms with van der Waals surface area (Å²) in [5.41, 5.74) is 7.61. The summed E-state index contributed by atoms with van der Waals surface area (Å²) in [4.78, 5) is 27.8. The molecule has 1 heterocycles. The first-order chi connectivity index (χ1) is 13.5. The van der Waals surface area contributed by atoms with E-state index in [0.29, 0.717) is 34.6 Å². The Morgan fingerprint density at radius 3 is 2.36 bits per heavy atom. The van der Waals surface area contributed by atoms with Crippen molar-refractivity contribution in [2.24, 2.45) is 5.73 Å². The van der Waals surface area contributed by atoms with Gasteiger partial charge in [-0.1, -0.05) is 60.8 Å². The van der Waals surface area contributed by atoms with Gasteiger partial charge in [0.25, 0.3) is 5.91 Å². The Kier molecular flexibility index (Phi) is 5.13. The zero-order chi connectivity index (χ0) is 19.8. The van der Waals surface area contributed by atoms with Gasteiger partial charge in [-0.3, -0.25) is 9.59 Å². The van der Waals surface area contributed by atoms with Gasteiger partial charge in [0.05, 0.1) is 24.1 Å². The summed E-state index contributed by atoms with van der Waals surface area (Å²) >= 11 is 6.49. The predicted molar refractivity (Wildman–Crippen MR) is 107 cm³/mol. The van der Waals surface area contributed by atoms with E-state index in [-0.39, 0.29) is 11.9 Å². The van der Waals surface area contributed by atoms with Crippen LogP contribution < -0.4 is 5.73 Å². The number of nitrogens with two attached hydrogens (primary N) is 1. The van der Waals surface area contributed by atoms with Crippen LogP contribution in [0, 0.1) is 0 Å². The molecule has 2 aromatic rings. The second-order valence-electron chi connectivity index (χ2n) is 7.57. The van der Waals surface area contributed by atoms with Gasteiger partial charge in [-0.05, 0) is 36.1 Å². The average molecular weight is 399 g/mol. The largest absolute Gasteiger partial charge is 0.391 e. The quantitative estimate of drug-likeness (QED) is 0.830. The summed E-state index contributed by atoms with van der Waals surface area (Å²) in [6.07, 6.45) is 2.52. The van der Waals surface area contributed by atoms with Crippen LogP contribution in [0.25, 0.3) is 0 Å². The monoisotopic (exact) mass is 398 g/mol. The molecular formula is C22H23ClN2O3. The van der Waals surface area contributed by atoms with E-state index in [2.05, 4.69) is 0 Å². The number of nitrogens with zero attached hydrogens (tertiary/aromatic N) is 1. The van der Waals surface area contributed by atoms with Crippen molar-refractivity contribution in [3.05, 3.63) is 70.2 Å². The van der Waals surface area contributed by atoms with Gasteiger partial charge < -0.3 is 15.7 Å². The van der Waals surface area contributed by atoms with Gasteiger partial charge in [0.2, 0.25) is 5.91 Å². The van der Waals surface area contributed by atoms with Crippen LogP contribution in [0.15, 0.2) is 48.5 Å². The zero-order valence-corrected chi connectivity index (χ0v) is 16.2. The van der Waals surface area contributed by atoms with Crippen LogP contribution in [0.4, 0.5) is 0 Å². The third-order valence-electron chi connectivity index (χ3n) is 5.96. The van der Waals surface area contributed by atoms with Crippen molar-refractivity contribution in [3.63, 3.8) is 0 Å². The van der Waals surface area contributed by atoms with Crippen molar-refractivity contribution < 1.29 is 14.7 Å². The summed E-state index contributed by atoms with van der Waals surface area (Å²) in [6.45, 7) is 0. The molecule has 1 saturated carbocycles. The minimum atomic E-state index is -0.733. The average Bonchev–Trinajstić information content (AvgIpc) is 2.69. The molecular weight excluding hydrogens is 376 g/mol. The highest BCUT2D eigenvalue weighted by Crippen LogP contribution is 2.47. The lowest BCUT2D eigenvalue weighted by molar-refractivity contribution is -0.121. The molecule has 2 aromatic carbocycles. The first kappa shape index (κ1) is 19.0. The molecule has 4 unspecified atom stereocenters. The topological polar surface area (TPSA) is 83.6 Å². The fourth-order valence-electron chi connectivity index (χ4n) is 4.69. The van der Waals surface area contributed by atoms with Crippen LogP contribution in [0.1, 0.15) is 59.1 Å². The summed E-state index contributed by atoms with van der Waals surface area (Å²) in [7, 11) is 0. The number of aliphatic hydroxyl groups is 1. The molecule has 0 radical (unpaired) electrons. The van der Waals surface area contributed by atoms with Crippen LogP contribution in [-0.4, -0.2) is 34.0 Å². The highest BCUT2D eigenvalue weighted by atomic mass is 35.5. The minimum Gasteiger partial charge on any atom is -0.391 e. The normalized spacial score (nSPS) is 27.4. The van der Waals surface area contributed by atoms with Crippen molar-refractivity contribution in [2.75, 3.05) is 0 Å². The molecule has 6 heteroatoms. The summed E-state index contributed by atoms with van der Waals surface area (Å²) in [6, 6.07) is 13.3. The van der Waals surface area contributed by atoms with E-state index in [1.54, 1.807) is 35.2 Å². The van der Waals surface area contributed by atoms with E-state index < -0.39 is 24.0 Å². The first-order valence-corrected chi connectivity index (χ1v) is 10.0. The number of rotatable bonds is 3. The summed E-state index contributed by atoms with van der Waals surface area (Å²) in [5, 5.41) is 11.2. The van der Waals surface area contributed by atoms with Crippen molar-refractivity contribution in [2.45, 2.75) is 49.8 Å². The number of carbonyl (C=O) groups is 2. The van der Waals surface area contributed by atoms with Gasteiger partial charge >= 0.3 is 0 Å². The van der Waals surface area contributed by atoms with Crippen molar-refractivity contribution in [3.8, 4) is 0 Å². The Hall–Kier alpha value is -2.37. The second-order valence-corrected chi connectivity index (χ2v) is 7.97. The van der Waals surface area contributed by atoms with E-state index in [1.165, 1.54) is 0 Å². The fourth-order valence-corrected chi connectivity index (χ4v) is 4.93. The Morgan fingerprint density at radius 1 is 1.04 bits per heavy atom. The van der Waals surface area contributed by atoms with Gasteiger partial charge in [0.1, 0.15) is 0 Å². The molecule has 0 saturated heterocycles. The number of primary amides is 1. The smallest absolute Gasteiger partial charge is 0.255 e. The molecule has 1 aliphatic carbocycles.